The fourth-order valence-corrected chi connectivity index (χ4v) is 1.87. The van der Waals surface area contributed by atoms with Crippen LogP contribution < -0.4 is 4.74 Å². The van der Waals surface area contributed by atoms with Gasteiger partial charge in [-0.15, -0.1) is 0 Å². The van der Waals surface area contributed by atoms with Crippen molar-refractivity contribution in [3.05, 3.63) is 30.0 Å². The van der Waals surface area contributed by atoms with Crippen molar-refractivity contribution in [2.24, 2.45) is 0 Å². The van der Waals surface area contributed by atoms with Crippen molar-refractivity contribution in [1.29, 1.82) is 0 Å². The molecule has 17 heavy (non-hydrogen) atoms. The van der Waals surface area contributed by atoms with Gasteiger partial charge in [-0.25, -0.2) is 0 Å². The molecule has 0 aliphatic heterocycles. The molecule has 0 atom stereocenters. The first-order valence-electron chi connectivity index (χ1n) is 6.46. The Hall–Kier alpha value is -1.44. The lowest BCUT2D eigenvalue weighted by Gasteiger charge is -2.04. The van der Waals surface area contributed by atoms with E-state index in [1.165, 1.54) is 23.0 Å². The number of ether oxygens (including phenoxy) is 1. The summed E-state index contributed by atoms with van der Waals surface area (Å²) in [5.74, 6) is 1.51. The predicted octanol–water partition coefficient (Wildman–Crippen LogP) is 4.47. The average molecular weight is 231 g/mol. The summed E-state index contributed by atoms with van der Waals surface area (Å²) in [4.78, 5) is 3.43. The Morgan fingerprint density at radius 3 is 2.76 bits per heavy atom. The number of H-pyrrole nitrogens is 1. The second-order valence-electron chi connectivity index (χ2n) is 4.83. The van der Waals surface area contributed by atoms with E-state index in [4.69, 9.17) is 4.74 Å². The number of hydrogen-bond donors (Lipinski definition) is 1. The Morgan fingerprint density at radius 1 is 1.24 bits per heavy atom. The van der Waals surface area contributed by atoms with E-state index in [1.54, 1.807) is 0 Å². The highest BCUT2D eigenvalue weighted by Gasteiger charge is 2.05. The quantitative estimate of drug-likeness (QED) is 0.754. The molecule has 0 amide bonds. The van der Waals surface area contributed by atoms with E-state index in [9.17, 15) is 0 Å². The lowest BCUT2D eigenvalue weighted by molar-refractivity contribution is 0.310. The molecule has 0 bridgehead atoms. The first kappa shape index (κ1) is 12.0. The molecule has 92 valence electrons. The number of aromatic nitrogens is 1. The van der Waals surface area contributed by atoms with Crippen molar-refractivity contribution in [3.8, 4) is 5.75 Å². The van der Waals surface area contributed by atoms with E-state index in [2.05, 4.69) is 44.0 Å². The largest absolute Gasteiger partial charge is 0.494 e. The highest BCUT2D eigenvalue weighted by atomic mass is 16.5. The maximum absolute atomic E-state index is 5.71. The highest BCUT2D eigenvalue weighted by molar-refractivity contribution is 5.82. The van der Waals surface area contributed by atoms with E-state index in [-0.39, 0.29) is 0 Å². The topological polar surface area (TPSA) is 25.0 Å². The fraction of sp³-hybridized carbons (Fsp3) is 0.467. The van der Waals surface area contributed by atoms with Gasteiger partial charge in [0, 0.05) is 16.6 Å². The van der Waals surface area contributed by atoms with Gasteiger partial charge in [0.1, 0.15) is 5.75 Å². The average Bonchev–Trinajstić information content (AvgIpc) is 2.72. The molecule has 0 spiro atoms. The van der Waals surface area contributed by atoms with Crippen LogP contribution in [0.2, 0.25) is 0 Å². The van der Waals surface area contributed by atoms with Crippen LogP contribution in [-0.4, -0.2) is 11.6 Å². The fourth-order valence-electron chi connectivity index (χ4n) is 1.87. The molecular formula is C15H21NO. The second kappa shape index (κ2) is 5.26. The molecule has 1 aromatic carbocycles. The Morgan fingerprint density at radius 2 is 2.06 bits per heavy atom. The summed E-state index contributed by atoms with van der Waals surface area (Å²) in [7, 11) is 0. The number of aromatic amines is 1. The van der Waals surface area contributed by atoms with Crippen LogP contribution in [0.3, 0.4) is 0 Å². The lowest BCUT2D eigenvalue weighted by Crippen LogP contribution is -1.95. The SMILES string of the molecule is CCCCOc1ccc2[nH]c(C(C)C)cc2c1. The normalized spacial score (nSPS) is 11.3. The van der Waals surface area contributed by atoms with E-state index < -0.39 is 0 Å². The molecule has 2 rings (SSSR count). The van der Waals surface area contributed by atoms with Gasteiger partial charge < -0.3 is 9.72 Å². The minimum Gasteiger partial charge on any atom is -0.494 e. The number of benzene rings is 1. The van der Waals surface area contributed by atoms with Crippen molar-refractivity contribution >= 4 is 10.9 Å². The molecule has 1 aromatic heterocycles. The molecule has 0 saturated carbocycles. The molecular weight excluding hydrogens is 210 g/mol. The minimum absolute atomic E-state index is 0.534. The van der Waals surface area contributed by atoms with Crippen LogP contribution in [0.1, 0.15) is 45.2 Å². The molecule has 2 nitrogen and oxygen atoms in total. The first-order valence-corrected chi connectivity index (χ1v) is 6.46. The smallest absolute Gasteiger partial charge is 0.120 e. The van der Waals surface area contributed by atoms with Gasteiger partial charge >= 0.3 is 0 Å². The maximum Gasteiger partial charge on any atom is 0.120 e. The van der Waals surface area contributed by atoms with Crippen LogP contribution >= 0.6 is 0 Å². The summed E-state index contributed by atoms with van der Waals surface area (Å²) < 4.78 is 5.71. The number of fused-ring (bicyclic) bond motifs is 1. The van der Waals surface area contributed by atoms with Gasteiger partial charge in [0.2, 0.25) is 0 Å². The second-order valence-corrected chi connectivity index (χ2v) is 4.83. The lowest BCUT2D eigenvalue weighted by atomic mass is 10.1. The molecule has 1 heterocycles. The van der Waals surface area contributed by atoms with Gasteiger partial charge in [-0.1, -0.05) is 27.2 Å². The summed E-state index contributed by atoms with van der Waals surface area (Å²) in [6, 6.07) is 8.47. The Bertz CT molecular complexity index is 485. The molecule has 0 saturated heterocycles. The van der Waals surface area contributed by atoms with E-state index >= 15 is 0 Å². The molecule has 0 unspecified atom stereocenters. The zero-order valence-electron chi connectivity index (χ0n) is 10.9. The molecule has 0 aliphatic rings. The molecule has 0 aliphatic carbocycles. The zero-order chi connectivity index (χ0) is 12.3. The monoisotopic (exact) mass is 231 g/mol. The van der Waals surface area contributed by atoms with Crippen molar-refractivity contribution < 1.29 is 4.74 Å². The third kappa shape index (κ3) is 2.82. The van der Waals surface area contributed by atoms with E-state index in [1.807, 2.05) is 6.07 Å². The Labute approximate surface area is 103 Å². The van der Waals surface area contributed by atoms with Gasteiger partial charge in [0.25, 0.3) is 0 Å². The summed E-state index contributed by atoms with van der Waals surface area (Å²) >= 11 is 0. The number of unbranched alkanes of at least 4 members (excludes halogenated alkanes) is 1. The number of hydrogen-bond acceptors (Lipinski definition) is 1. The summed E-state index contributed by atoms with van der Waals surface area (Å²) in [5.41, 5.74) is 2.47. The first-order chi connectivity index (χ1) is 8.20. The highest BCUT2D eigenvalue weighted by Crippen LogP contribution is 2.24. The Kier molecular flexibility index (Phi) is 3.72. The van der Waals surface area contributed by atoms with Gasteiger partial charge in [0.05, 0.1) is 6.61 Å². The van der Waals surface area contributed by atoms with Crippen LogP contribution in [0.4, 0.5) is 0 Å². The number of nitrogens with one attached hydrogen (secondary N) is 1. The maximum atomic E-state index is 5.71. The predicted molar refractivity (Wildman–Crippen MR) is 72.8 cm³/mol. The van der Waals surface area contributed by atoms with Gasteiger partial charge in [-0.2, -0.15) is 0 Å². The summed E-state index contributed by atoms with van der Waals surface area (Å²) in [5, 5.41) is 1.24. The van der Waals surface area contributed by atoms with E-state index in [0.29, 0.717) is 5.92 Å². The van der Waals surface area contributed by atoms with Crippen molar-refractivity contribution in [2.75, 3.05) is 6.61 Å². The van der Waals surface area contributed by atoms with Crippen LogP contribution in [-0.2, 0) is 0 Å². The van der Waals surface area contributed by atoms with Crippen molar-refractivity contribution in [2.45, 2.75) is 39.5 Å². The Balaban J connectivity index is 2.18. The zero-order valence-corrected chi connectivity index (χ0v) is 10.9. The van der Waals surface area contributed by atoms with Gasteiger partial charge in [0.15, 0.2) is 0 Å². The molecule has 2 aromatic rings. The van der Waals surface area contributed by atoms with E-state index in [0.717, 1.165) is 18.8 Å². The van der Waals surface area contributed by atoms with Crippen molar-refractivity contribution in [1.82, 2.24) is 4.98 Å². The van der Waals surface area contributed by atoms with Crippen LogP contribution in [0.25, 0.3) is 10.9 Å². The molecule has 0 radical (unpaired) electrons. The molecule has 1 N–H and O–H groups in total. The number of rotatable bonds is 5. The standard InChI is InChI=1S/C15H21NO/c1-4-5-8-17-13-6-7-14-12(9-13)10-15(16-14)11(2)3/h6-7,9-11,16H,4-5,8H2,1-3H3. The third-order valence-electron chi connectivity index (χ3n) is 3.00. The van der Waals surface area contributed by atoms with Crippen molar-refractivity contribution in [3.63, 3.8) is 0 Å². The molecule has 2 heteroatoms. The summed E-state index contributed by atoms with van der Waals surface area (Å²) in [6.07, 6.45) is 2.28. The van der Waals surface area contributed by atoms with Gasteiger partial charge in [-0.3, -0.25) is 0 Å². The van der Waals surface area contributed by atoms with Gasteiger partial charge in [-0.05, 0) is 36.6 Å². The van der Waals surface area contributed by atoms with Crippen LogP contribution in [0, 0.1) is 0 Å². The minimum atomic E-state index is 0.534. The third-order valence-corrected chi connectivity index (χ3v) is 3.00. The van der Waals surface area contributed by atoms with Crippen LogP contribution in [0.15, 0.2) is 24.3 Å². The molecule has 0 fully saturated rings. The summed E-state index contributed by atoms with van der Waals surface area (Å²) in [6.45, 7) is 7.38. The van der Waals surface area contributed by atoms with Crippen LogP contribution in [0.5, 0.6) is 5.75 Å².